The van der Waals surface area contributed by atoms with Crippen molar-refractivity contribution >= 4 is 6.03 Å². The fraction of sp³-hybridized carbons (Fsp3) is 0.769. The second-order valence-electron chi connectivity index (χ2n) is 4.73. The van der Waals surface area contributed by atoms with Crippen LogP contribution in [-0.4, -0.2) is 42.3 Å². The summed E-state index contributed by atoms with van der Waals surface area (Å²) in [5.41, 5.74) is 0. The molecule has 0 aromatic heterocycles. The third kappa shape index (κ3) is 4.77. The number of aliphatic hydroxyl groups is 1. The highest BCUT2D eigenvalue weighted by Gasteiger charge is 2.27. The molecule has 0 radical (unpaired) electrons. The molecule has 98 valence electrons. The Kier molecular flexibility index (Phi) is 6.05. The Morgan fingerprint density at radius 1 is 1.53 bits per heavy atom. The van der Waals surface area contributed by atoms with E-state index in [-0.39, 0.29) is 18.1 Å². The first kappa shape index (κ1) is 14.0. The second-order valence-corrected chi connectivity index (χ2v) is 4.73. The average molecular weight is 240 g/mol. The second kappa shape index (κ2) is 7.33. The van der Waals surface area contributed by atoms with E-state index in [0.29, 0.717) is 13.1 Å². The normalized spacial score (nSPS) is 24.2. The van der Waals surface area contributed by atoms with Crippen LogP contribution in [0.15, 0.2) is 12.2 Å². The van der Waals surface area contributed by atoms with Crippen molar-refractivity contribution in [3.8, 4) is 0 Å². The molecule has 2 amide bonds. The van der Waals surface area contributed by atoms with Crippen LogP contribution < -0.4 is 5.32 Å². The van der Waals surface area contributed by atoms with Crippen LogP contribution in [0.25, 0.3) is 0 Å². The summed E-state index contributed by atoms with van der Waals surface area (Å²) in [6.07, 6.45) is 7.61. The molecule has 0 aromatic carbocycles. The van der Waals surface area contributed by atoms with E-state index in [9.17, 15) is 9.90 Å². The Hall–Kier alpha value is -1.03. The average Bonchev–Trinajstić information content (AvgIpc) is 2.70. The molecule has 2 unspecified atom stereocenters. The number of carbonyl (C=O) groups is 1. The molecule has 1 aliphatic rings. The van der Waals surface area contributed by atoms with E-state index in [2.05, 4.69) is 5.32 Å². The van der Waals surface area contributed by atoms with Crippen LogP contribution in [0.2, 0.25) is 0 Å². The molecule has 2 N–H and O–H groups in total. The zero-order valence-electron chi connectivity index (χ0n) is 10.9. The highest BCUT2D eigenvalue weighted by Crippen LogP contribution is 2.25. The minimum atomic E-state index is -0.228. The third-order valence-electron chi connectivity index (χ3n) is 3.30. The van der Waals surface area contributed by atoms with Crippen molar-refractivity contribution in [1.82, 2.24) is 10.2 Å². The Balaban J connectivity index is 2.21. The van der Waals surface area contributed by atoms with Crippen LogP contribution in [0.1, 0.15) is 32.6 Å². The third-order valence-corrected chi connectivity index (χ3v) is 3.30. The lowest BCUT2D eigenvalue weighted by atomic mass is 10.1. The smallest absolute Gasteiger partial charge is 0.317 e. The SMILES string of the molecule is C/C=C/CCNC(=O)N(C)CC1CCCC1O. The molecule has 1 rings (SSSR count). The van der Waals surface area contributed by atoms with Gasteiger partial charge >= 0.3 is 6.03 Å². The van der Waals surface area contributed by atoms with Crippen LogP contribution in [0.4, 0.5) is 4.79 Å². The van der Waals surface area contributed by atoms with E-state index >= 15 is 0 Å². The van der Waals surface area contributed by atoms with Gasteiger partial charge in [-0.2, -0.15) is 0 Å². The molecule has 0 saturated heterocycles. The highest BCUT2D eigenvalue weighted by atomic mass is 16.3. The summed E-state index contributed by atoms with van der Waals surface area (Å²) in [4.78, 5) is 13.4. The van der Waals surface area contributed by atoms with Gasteiger partial charge in [0, 0.05) is 26.1 Å². The standard InChI is InChI=1S/C13H24N2O2/c1-3-4-5-9-14-13(17)15(2)10-11-7-6-8-12(11)16/h3-4,11-12,16H,5-10H2,1-2H3,(H,14,17)/b4-3+. The maximum absolute atomic E-state index is 11.7. The maximum atomic E-state index is 11.7. The van der Waals surface area contributed by atoms with Gasteiger partial charge in [0.2, 0.25) is 0 Å². The molecule has 2 atom stereocenters. The fourth-order valence-corrected chi connectivity index (χ4v) is 2.23. The van der Waals surface area contributed by atoms with Crippen molar-refractivity contribution in [1.29, 1.82) is 0 Å². The molecule has 1 saturated carbocycles. The summed E-state index contributed by atoms with van der Waals surface area (Å²) < 4.78 is 0. The molecule has 0 heterocycles. The van der Waals surface area contributed by atoms with Crippen LogP contribution in [0.3, 0.4) is 0 Å². The van der Waals surface area contributed by atoms with E-state index in [1.807, 2.05) is 19.1 Å². The molecule has 0 bridgehead atoms. The number of urea groups is 1. The number of amides is 2. The summed E-state index contributed by atoms with van der Waals surface area (Å²) in [5, 5.41) is 12.6. The summed E-state index contributed by atoms with van der Waals surface area (Å²) in [5.74, 6) is 0.251. The maximum Gasteiger partial charge on any atom is 0.317 e. The molecular weight excluding hydrogens is 216 g/mol. The summed E-state index contributed by atoms with van der Waals surface area (Å²) in [6, 6.07) is -0.0476. The van der Waals surface area contributed by atoms with Gasteiger partial charge in [-0.25, -0.2) is 4.79 Å². The van der Waals surface area contributed by atoms with Crippen LogP contribution in [0, 0.1) is 5.92 Å². The Labute approximate surface area is 104 Å². The minimum absolute atomic E-state index is 0.0476. The predicted octanol–water partition coefficient (Wildman–Crippen LogP) is 1.76. The number of nitrogens with one attached hydrogen (secondary N) is 1. The van der Waals surface area contributed by atoms with E-state index in [1.165, 1.54) is 0 Å². The number of nitrogens with zero attached hydrogens (tertiary/aromatic N) is 1. The molecular formula is C13H24N2O2. The quantitative estimate of drug-likeness (QED) is 0.568. The first-order valence-corrected chi connectivity index (χ1v) is 6.43. The van der Waals surface area contributed by atoms with Crippen LogP contribution >= 0.6 is 0 Å². The molecule has 0 spiro atoms. The van der Waals surface area contributed by atoms with Crippen molar-refractivity contribution < 1.29 is 9.90 Å². The Morgan fingerprint density at radius 2 is 2.29 bits per heavy atom. The van der Waals surface area contributed by atoms with Crippen molar-refractivity contribution in [2.75, 3.05) is 20.1 Å². The van der Waals surface area contributed by atoms with Gasteiger partial charge in [0.25, 0.3) is 0 Å². The van der Waals surface area contributed by atoms with Gasteiger partial charge in [-0.05, 0) is 26.2 Å². The van der Waals surface area contributed by atoms with Gasteiger partial charge in [0.1, 0.15) is 0 Å². The largest absolute Gasteiger partial charge is 0.393 e. The molecule has 1 aliphatic carbocycles. The van der Waals surface area contributed by atoms with Crippen LogP contribution in [0.5, 0.6) is 0 Å². The topological polar surface area (TPSA) is 52.6 Å². The first-order valence-electron chi connectivity index (χ1n) is 6.43. The zero-order valence-corrected chi connectivity index (χ0v) is 10.9. The fourth-order valence-electron chi connectivity index (χ4n) is 2.23. The Bertz CT molecular complexity index is 266. The van der Waals surface area contributed by atoms with Gasteiger partial charge in [0.15, 0.2) is 0 Å². The van der Waals surface area contributed by atoms with Crippen LogP contribution in [-0.2, 0) is 0 Å². The van der Waals surface area contributed by atoms with E-state index in [0.717, 1.165) is 25.7 Å². The number of hydrogen-bond acceptors (Lipinski definition) is 2. The molecule has 1 fully saturated rings. The molecule has 4 nitrogen and oxygen atoms in total. The van der Waals surface area contributed by atoms with E-state index in [4.69, 9.17) is 0 Å². The summed E-state index contributed by atoms with van der Waals surface area (Å²) in [6.45, 7) is 3.28. The van der Waals surface area contributed by atoms with Crippen molar-refractivity contribution in [2.45, 2.75) is 38.7 Å². The Morgan fingerprint density at radius 3 is 2.88 bits per heavy atom. The molecule has 0 aliphatic heterocycles. The lowest BCUT2D eigenvalue weighted by Gasteiger charge is -2.23. The number of aliphatic hydroxyl groups excluding tert-OH is 1. The number of hydrogen-bond donors (Lipinski definition) is 2. The molecule has 0 aromatic rings. The van der Waals surface area contributed by atoms with Crippen molar-refractivity contribution in [3.63, 3.8) is 0 Å². The lowest BCUT2D eigenvalue weighted by molar-refractivity contribution is 0.114. The van der Waals surface area contributed by atoms with E-state index in [1.54, 1.807) is 11.9 Å². The minimum Gasteiger partial charge on any atom is -0.393 e. The summed E-state index contributed by atoms with van der Waals surface area (Å²) in [7, 11) is 1.79. The molecule has 4 heteroatoms. The van der Waals surface area contributed by atoms with Gasteiger partial charge in [0.05, 0.1) is 6.10 Å². The van der Waals surface area contributed by atoms with Crippen molar-refractivity contribution in [3.05, 3.63) is 12.2 Å². The highest BCUT2D eigenvalue weighted by molar-refractivity contribution is 5.73. The summed E-state index contributed by atoms with van der Waals surface area (Å²) >= 11 is 0. The van der Waals surface area contributed by atoms with Crippen molar-refractivity contribution in [2.24, 2.45) is 5.92 Å². The number of carbonyl (C=O) groups excluding carboxylic acids is 1. The molecule has 17 heavy (non-hydrogen) atoms. The lowest BCUT2D eigenvalue weighted by Crippen LogP contribution is -2.41. The van der Waals surface area contributed by atoms with Gasteiger partial charge < -0.3 is 15.3 Å². The van der Waals surface area contributed by atoms with Gasteiger partial charge in [-0.3, -0.25) is 0 Å². The van der Waals surface area contributed by atoms with E-state index < -0.39 is 0 Å². The first-order chi connectivity index (χ1) is 8.15. The zero-order chi connectivity index (χ0) is 12.7. The van der Waals surface area contributed by atoms with Gasteiger partial charge in [-0.1, -0.05) is 18.6 Å². The predicted molar refractivity (Wildman–Crippen MR) is 68.8 cm³/mol. The number of allylic oxidation sites excluding steroid dienone is 1. The monoisotopic (exact) mass is 240 g/mol. The van der Waals surface area contributed by atoms with Gasteiger partial charge in [-0.15, -0.1) is 0 Å². The number of rotatable bonds is 5.